The molecule has 2 N–H and O–H groups in total. The van der Waals surface area contributed by atoms with Crippen LogP contribution in [-0.4, -0.2) is 23.3 Å². The number of hydrogen-bond donors (Lipinski definition) is 2. The second kappa shape index (κ2) is 3.35. The zero-order valence-corrected chi connectivity index (χ0v) is 6.80. The van der Waals surface area contributed by atoms with E-state index in [-0.39, 0.29) is 6.10 Å². The zero-order valence-electron chi connectivity index (χ0n) is 6.80. The molecule has 1 rings (SSSR count). The molecule has 0 spiro atoms. The molecule has 3 unspecified atom stereocenters. The van der Waals surface area contributed by atoms with Crippen LogP contribution in [0.15, 0.2) is 0 Å². The van der Waals surface area contributed by atoms with Gasteiger partial charge in [-0.3, -0.25) is 0 Å². The van der Waals surface area contributed by atoms with Crippen molar-refractivity contribution < 1.29 is 5.11 Å². The molecule has 1 fully saturated rings. The van der Waals surface area contributed by atoms with Crippen molar-refractivity contribution in [3.05, 3.63) is 0 Å². The fourth-order valence-electron chi connectivity index (χ4n) is 1.57. The Labute approximate surface area is 62.6 Å². The summed E-state index contributed by atoms with van der Waals surface area (Å²) in [7, 11) is 0. The lowest BCUT2D eigenvalue weighted by atomic mass is 9.95. The number of aliphatic hydroxyl groups excluding tert-OH is 1. The Morgan fingerprint density at radius 2 is 2.20 bits per heavy atom. The van der Waals surface area contributed by atoms with Gasteiger partial charge in [-0.25, -0.2) is 0 Å². The minimum Gasteiger partial charge on any atom is -0.392 e. The number of rotatable bonds is 1. The van der Waals surface area contributed by atoms with E-state index in [1.165, 1.54) is 0 Å². The fraction of sp³-hybridized carbons (Fsp3) is 1.00. The zero-order chi connectivity index (χ0) is 7.56. The lowest BCUT2D eigenvalue weighted by Crippen LogP contribution is -2.48. The molecule has 1 saturated heterocycles. The molecule has 0 amide bonds. The highest BCUT2D eigenvalue weighted by molar-refractivity contribution is 4.83. The highest BCUT2D eigenvalue weighted by Crippen LogP contribution is 2.14. The first-order valence-corrected chi connectivity index (χ1v) is 4.18. The molecule has 1 aliphatic heterocycles. The monoisotopic (exact) mass is 143 g/mol. The molecule has 0 aromatic heterocycles. The van der Waals surface area contributed by atoms with E-state index in [1.54, 1.807) is 0 Å². The highest BCUT2D eigenvalue weighted by Gasteiger charge is 2.23. The van der Waals surface area contributed by atoms with Crippen molar-refractivity contribution in [2.45, 2.75) is 51.3 Å². The van der Waals surface area contributed by atoms with E-state index in [0.717, 1.165) is 19.3 Å². The summed E-state index contributed by atoms with van der Waals surface area (Å²) < 4.78 is 0. The van der Waals surface area contributed by atoms with Crippen LogP contribution < -0.4 is 5.32 Å². The van der Waals surface area contributed by atoms with Gasteiger partial charge in [-0.15, -0.1) is 0 Å². The van der Waals surface area contributed by atoms with Gasteiger partial charge in [-0.2, -0.15) is 0 Å². The third-order valence-corrected chi connectivity index (χ3v) is 2.30. The van der Waals surface area contributed by atoms with Crippen LogP contribution in [0.2, 0.25) is 0 Å². The van der Waals surface area contributed by atoms with E-state index in [1.807, 2.05) is 0 Å². The normalized spacial score (nSPS) is 41.7. The lowest BCUT2D eigenvalue weighted by Gasteiger charge is -2.32. The molecular formula is C8H17NO. The van der Waals surface area contributed by atoms with Gasteiger partial charge < -0.3 is 10.4 Å². The summed E-state index contributed by atoms with van der Waals surface area (Å²) in [6.45, 7) is 4.29. The van der Waals surface area contributed by atoms with E-state index in [4.69, 9.17) is 0 Å². The van der Waals surface area contributed by atoms with E-state index in [2.05, 4.69) is 19.2 Å². The van der Waals surface area contributed by atoms with Crippen LogP contribution in [0, 0.1) is 0 Å². The molecular weight excluding hydrogens is 126 g/mol. The molecule has 1 heterocycles. The quantitative estimate of drug-likeness (QED) is 0.571. The lowest BCUT2D eigenvalue weighted by molar-refractivity contribution is 0.0807. The SMILES string of the molecule is CCC1NC(C)CCC1O. The second-order valence-corrected chi connectivity index (χ2v) is 3.23. The molecule has 2 heteroatoms. The van der Waals surface area contributed by atoms with Gasteiger partial charge in [0.1, 0.15) is 0 Å². The van der Waals surface area contributed by atoms with Crippen molar-refractivity contribution in [3.8, 4) is 0 Å². The number of nitrogens with one attached hydrogen (secondary N) is 1. The fourth-order valence-corrected chi connectivity index (χ4v) is 1.57. The van der Waals surface area contributed by atoms with Crippen molar-refractivity contribution in [1.82, 2.24) is 5.32 Å². The maximum absolute atomic E-state index is 9.42. The molecule has 0 aromatic carbocycles. The Morgan fingerprint density at radius 1 is 1.50 bits per heavy atom. The highest BCUT2D eigenvalue weighted by atomic mass is 16.3. The third kappa shape index (κ3) is 1.70. The number of aliphatic hydroxyl groups is 1. The Balaban J connectivity index is 2.38. The Morgan fingerprint density at radius 3 is 2.70 bits per heavy atom. The smallest absolute Gasteiger partial charge is 0.0693 e. The average molecular weight is 143 g/mol. The first-order valence-electron chi connectivity index (χ1n) is 4.18. The maximum atomic E-state index is 9.42. The van der Waals surface area contributed by atoms with Gasteiger partial charge in [0, 0.05) is 12.1 Å². The van der Waals surface area contributed by atoms with Gasteiger partial charge in [0.05, 0.1) is 6.10 Å². The van der Waals surface area contributed by atoms with Crippen LogP contribution in [0.25, 0.3) is 0 Å². The summed E-state index contributed by atoms with van der Waals surface area (Å²) in [4.78, 5) is 0. The molecule has 2 nitrogen and oxygen atoms in total. The number of hydrogen-bond acceptors (Lipinski definition) is 2. The van der Waals surface area contributed by atoms with Crippen LogP contribution >= 0.6 is 0 Å². The van der Waals surface area contributed by atoms with Crippen LogP contribution in [0.4, 0.5) is 0 Å². The Bertz CT molecular complexity index is 105. The largest absolute Gasteiger partial charge is 0.392 e. The van der Waals surface area contributed by atoms with Gasteiger partial charge in [0.25, 0.3) is 0 Å². The summed E-state index contributed by atoms with van der Waals surface area (Å²) in [5, 5.41) is 12.8. The molecule has 0 aliphatic carbocycles. The van der Waals surface area contributed by atoms with Crippen LogP contribution in [-0.2, 0) is 0 Å². The summed E-state index contributed by atoms with van der Waals surface area (Å²) in [5.74, 6) is 0. The first-order chi connectivity index (χ1) is 4.74. The van der Waals surface area contributed by atoms with Gasteiger partial charge >= 0.3 is 0 Å². The summed E-state index contributed by atoms with van der Waals surface area (Å²) in [6, 6.07) is 0.928. The van der Waals surface area contributed by atoms with E-state index in [0.29, 0.717) is 12.1 Å². The molecule has 10 heavy (non-hydrogen) atoms. The van der Waals surface area contributed by atoms with Crippen LogP contribution in [0.1, 0.15) is 33.1 Å². The predicted octanol–water partition coefficient (Wildman–Crippen LogP) is 0.898. The van der Waals surface area contributed by atoms with Gasteiger partial charge in [-0.05, 0) is 26.2 Å². The van der Waals surface area contributed by atoms with Crippen LogP contribution in [0.3, 0.4) is 0 Å². The first kappa shape index (κ1) is 8.02. The average Bonchev–Trinajstić information content (AvgIpc) is 1.94. The molecule has 60 valence electrons. The van der Waals surface area contributed by atoms with Crippen molar-refractivity contribution >= 4 is 0 Å². The minimum absolute atomic E-state index is 0.110. The summed E-state index contributed by atoms with van der Waals surface area (Å²) >= 11 is 0. The predicted molar refractivity (Wildman–Crippen MR) is 41.9 cm³/mol. The maximum Gasteiger partial charge on any atom is 0.0693 e. The Hall–Kier alpha value is -0.0800. The standard InChI is InChI=1S/C8H17NO/c1-3-7-8(10)5-4-6(2)9-7/h6-10H,3-5H2,1-2H3. The van der Waals surface area contributed by atoms with Crippen molar-refractivity contribution in [2.75, 3.05) is 0 Å². The molecule has 1 aliphatic rings. The molecule has 3 atom stereocenters. The molecule has 0 bridgehead atoms. The Kier molecular flexibility index (Phi) is 2.69. The molecule has 0 aromatic rings. The van der Waals surface area contributed by atoms with Crippen molar-refractivity contribution in [2.24, 2.45) is 0 Å². The topological polar surface area (TPSA) is 32.3 Å². The van der Waals surface area contributed by atoms with E-state index < -0.39 is 0 Å². The summed E-state index contributed by atoms with van der Waals surface area (Å²) in [6.07, 6.45) is 3.00. The number of piperidine rings is 1. The van der Waals surface area contributed by atoms with Crippen molar-refractivity contribution in [1.29, 1.82) is 0 Å². The third-order valence-electron chi connectivity index (χ3n) is 2.30. The van der Waals surface area contributed by atoms with Gasteiger partial charge in [-0.1, -0.05) is 6.92 Å². The molecule has 0 saturated carbocycles. The summed E-state index contributed by atoms with van der Waals surface area (Å²) in [5.41, 5.74) is 0. The van der Waals surface area contributed by atoms with E-state index in [9.17, 15) is 5.11 Å². The minimum atomic E-state index is -0.110. The molecule has 0 radical (unpaired) electrons. The van der Waals surface area contributed by atoms with Crippen molar-refractivity contribution in [3.63, 3.8) is 0 Å². The van der Waals surface area contributed by atoms with E-state index >= 15 is 0 Å². The second-order valence-electron chi connectivity index (χ2n) is 3.23. The van der Waals surface area contributed by atoms with Gasteiger partial charge in [0.15, 0.2) is 0 Å². The van der Waals surface area contributed by atoms with Crippen LogP contribution in [0.5, 0.6) is 0 Å². The van der Waals surface area contributed by atoms with Gasteiger partial charge in [0.2, 0.25) is 0 Å².